The topological polar surface area (TPSA) is 54.5 Å². The molecule has 0 aromatic carbocycles. The maximum Gasteiger partial charge on any atom is 0.263 e. The van der Waals surface area contributed by atoms with Crippen LogP contribution in [0.4, 0.5) is 0 Å². The molecule has 1 aromatic heterocycles. The van der Waals surface area contributed by atoms with Crippen LogP contribution in [0.2, 0.25) is 0 Å². The standard InChI is InChI=1S/C13H19N3O2/c1-11(18-12-4-2-5-15-10-12)13(17)16-8-3-6-14-7-9-16/h2,4-5,10-11,14H,3,6-9H2,1H3. The van der Waals surface area contributed by atoms with Crippen molar-refractivity contribution in [3.05, 3.63) is 24.5 Å². The molecule has 5 nitrogen and oxygen atoms in total. The average Bonchev–Trinajstić information content (AvgIpc) is 2.68. The van der Waals surface area contributed by atoms with E-state index in [0.717, 1.165) is 32.6 Å². The molecule has 1 aliphatic rings. The van der Waals surface area contributed by atoms with Crippen LogP contribution in [0.15, 0.2) is 24.5 Å². The van der Waals surface area contributed by atoms with Crippen LogP contribution in [0.1, 0.15) is 13.3 Å². The van der Waals surface area contributed by atoms with Gasteiger partial charge in [-0.05, 0) is 32.0 Å². The summed E-state index contributed by atoms with van der Waals surface area (Å²) in [4.78, 5) is 18.0. The Labute approximate surface area is 107 Å². The van der Waals surface area contributed by atoms with Gasteiger partial charge in [-0.15, -0.1) is 0 Å². The fourth-order valence-corrected chi connectivity index (χ4v) is 1.99. The number of carbonyl (C=O) groups excluding carboxylic acids is 1. The van der Waals surface area contributed by atoms with E-state index in [0.29, 0.717) is 5.75 Å². The smallest absolute Gasteiger partial charge is 0.263 e. The predicted octanol–water partition coefficient (Wildman–Crippen LogP) is 0.671. The summed E-state index contributed by atoms with van der Waals surface area (Å²) >= 11 is 0. The fraction of sp³-hybridized carbons (Fsp3) is 0.538. The lowest BCUT2D eigenvalue weighted by Gasteiger charge is -2.24. The first kappa shape index (κ1) is 12.8. The Bertz CT molecular complexity index is 375. The third-order valence-electron chi connectivity index (χ3n) is 2.95. The number of rotatable bonds is 3. The predicted molar refractivity (Wildman–Crippen MR) is 68.4 cm³/mol. The highest BCUT2D eigenvalue weighted by Gasteiger charge is 2.22. The van der Waals surface area contributed by atoms with Crippen LogP contribution < -0.4 is 10.1 Å². The van der Waals surface area contributed by atoms with Crippen LogP contribution >= 0.6 is 0 Å². The molecular formula is C13H19N3O2. The zero-order valence-electron chi connectivity index (χ0n) is 10.6. The summed E-state index contributed by atoms with van der Waals surface area (Å²) in [7, 11) is 0. The van der Waals surface area contributed by atoms with E-state index in [1.807, 2.05) is 4.90 Å². The summed E-state index contributed by atoms with van der Waals surface area (Å²) in [5, 5.41) is 3.28. The van der Waals surface area contributed by atoms with Crippen molar-refractivity contribution in [2.75, 3.05) is 26.2 Å². The molecule has 0 aliphatic carbocycles. The van der Waals surface area contributed by atoms with Crippen LogP contribution in [0.3, 0.4) is 0 Å². The van der Waals surface area contributed by atoms with Gasteiger partial charge < -0.3 is 15.0 Å². The third-order valence-corrected chi connectivity index (χ3v) is 2.95. The van der Waals surface area contributed by atoms with Crippen molar-refractivity contribution in [2.24, 2.45) is 0 Å². The number of hydrogen-bond donors (Lipinski definition) is 1. The van der Waals surface area contributed by atoms with Crippen molar-refractivity contribution in [3.63, 3.8) is 0 Å². The summed E-state index contributed by atoms with van der Waals surface area (Å²) < 4.78 is 5.60. The van der Waals surface area contributed by atoms with Gasteiger partial charge >= 0.3 is 0 Å². The number of aromatic nitrogens is 1. The number of amides is 1. The minimum atomic E-state index is -0.465. The molecule has 1 amide bonds. The van der Waals surface area contributed by atoms with Gasteiger partial charge in [0.25, 0.3) is 5.91 Å². The highest BCUT2D eigenvalue weighted by molar-refractivity contribution is 5.80. The van der Waals surface area contributed by atoms with Gasteiger partial charge in [-0.2, -0.15) is 0 Å². The molecule has 0 bridgehead atoms. The summed E-state index contributed by atoms with van der Waals surface area (Å²) in [6.45, 7) is 5.16. The maximum atomic E-state index is 12.2. The zero-order chi connectivity index (χ0) is 12.8. The lowest BCUT2D eigenvalue weighted by atomic mass is 10.3. The molecule has 1 aliphatic heterocycles. The van der Waals surface area contributed by atoms with Crippen LogP contribution in [0.5, 0.6) is 5.75 Å². The van der Waals surface area contributed by atoms with E-state index >= 15 is 0 Å². The van der Waals surface area contributed by atoms with Gasteiger partial charge in [-0.3, -0.25) is 9.78 Å². The monoisotopic (exact) mass is 249 g/mol. The second-order valence-electron chi connectivity index (χ2n) is 4.38. The van der Waals surface area contributed by atoms with Gasteiger partial charge in [0.2, 0.25) is 0 Å². The molecule has 18 heavy (non-hydrogen) atoms. The molecule has 1 fully saturated rings. The van der Waals surface area contributed by atoms with Crippen LogP contribution in [0.25, 0.3) is 0 Å². The van der Waals surface area contributed by atoms with Crippen molar-refractivity contribution in [3.8, 4) is 5.75 Å². The minimum Gasteiger partial charge on any atom is -0.479 e. The van der Waals surface area contributed by atoms with Crippen molar-refractivity contribution < 1.29 is 9.53 Å². The van der Waals surface area contributed by atoms with E-state index in [4.69, 9.17) is 4.74 Å². The van der Waals surface area contributed by atoms with E-state index < -0.39 is 6.10 Å². The van der Waals surface area contributed by atoms with Crippen LogP contribution in [-0.4, -0.2) is 48.1 Å². The Balaban J connectivity index is 1.91. The molecule has 0 saturated carbocycles. The number of pyridine rings is 1. The SMILES string of the molecule is CC(Oc1cccnc1)C(=O)N1CCCNCC1. The summed E-state index contributed by atoms with van der Waals surface area (Å²) in [5.74, 6) is 0.675. The third kappa shape index (κ3) is 3.43. The largest absolute Gasteiger partial charge is 0.479 e. The van der Waals surface area contributed by atoms with E-state index in [9.17, 15) is 4.79 Å². The highest BCUT2D eigenvalue weighted by atomic mass is 16.5. The Morgan fingerprint density at radius 2 is 2.39 bits per heavy atom. The van der Waals surface area contributed by atoms with Gasteiger partial charge in [-0.1, -0.05) is 0 Å². The summed E-state index contributed by atoms with van der Waals surface area (Å²) in [6, 6.07) is 3.60. The first-order valence-corrected chi connectivity index (χ1v) is 6.33. The van der Waals surface area contributed by atoms with Crippen molar-refractivity contribution >= 4 is 5.91 Å². The van der Waals surface area contributed by atoms with Crippen molar-refractivity contribution in [2.45, 2.75) is 19.4 Å². The van der Waals surface area contributed by atoms with Gasteiger partial charge in [-0.25, -0.2) is 0 Å². The maximum absolute atomic E-state index is 12.2. The van der Waals surface area contributed by atoms with Gasteiger partial charge in [0.1, 0.15) is 5.75 Å². The normalized spacial score (nSPS) is 17.9. The van der Waals surface area contributed by atoms with Crippen LogP contribution in [-0.2, 0) is 4.79 Å². The molecule has 0 spiro atoms. The first-order chi connectivity index (χ1) is 8.77. The first-order valence-electron chi connectivity index (χ1n) is 6.33. The number of nitrogens with one attached hydrogen (secondary N) is 1. The summed E-state index contributed by atoms with van der Waals surface area (Å²) in [5.41, 5.74) is 0. The number of hydrogen-bond acceptors (Lipinski definition) is 4. The van der Waals surface area contributed by atoms with Crippen molar-refractivity contribution in [1.29, 1.82) is 0 Å². The molecule has 1 unspecified atom stereocenters. The molecule has 1 aromatic rings. The molecule has 1 atom stereocenters. The number of nitrogens with zero attached hydrogens (tertiary/aromatic N) is 2. The second kappa shape index (κ2) is 6.35. The van der Waals surface area contributed by atoms with E-state index in [2.05, 4.69) is 10.3 Å². The molecule has 0 radical (unpaired) electrons. The molecular weight excluding hydrogens is 230 g/mol. The van der Waals surface area contributed by atoms with Gasteiger partial charge in [0.05, 0.1) is 6.20 Å². The molecule has 1 saturated heterocycles. The van der Waals surface area contributed by atoms with Crippen LogP contribution in [0, 0.1) is 0 Å². The molecule has 98 valence electrons. The second-order valence-corrected chi connectivity index (χ2v) is 4.38. The summed E-state index contributed by atoms with van der Waals surface area (Å²) in [6.07, 6.45) is 3.83. The lowest BCUT2D eigenvalue weighted by molar-refractivity contribution is -0.137. The Hall–Kier alpha value is -1.62. The Kier molecular flexibility index (Phi) is 4.52. The molecule has 1 N–H and O–H groups in total. The number of carbonyl (C=O) groups is 1. The number of ether oxygens (including phenoxy) is 1. The molecule has 2 rings (SSSR count). The van der Waals surface area contributed by atoms with Gasteiger partial charge in [0, 0.05) is 25.8 Å². The Morgan fingerprint density at radius 1 is 1.50 bits per heavy atom. The minimum absolute atomic E-state index is 0.0440. The quantitative estimate of drug-likeness (QED) is 0.855. The van der Waals surface area contributed by atoms with E-state index in [1.165, 1.54) is 0 Å². The van der Waals surface area contributed by atoms with E-state index in [1.54, 1.807) is 31.5 Å². The Morgan fingerprint density at radius 3 is 3.17 bits per heavy atom. The molecule has 2 heterocycles. The average molecular weight is 249 g/mol. The fourth-order valence-electron chi connectivity index (χ4n) is 1.99. The van der Waals surface area contributed by atoms with Crippen molar-refractivity contribution in [1.82, 2.24) is 15.2 Å². The zero-order valence-corrected chi connectivity index (χ0v) is 10.6. The highest BCUT2D eigenvalue weighted by Crippen LogP contribution is 2.11. The lowest BCUT2D eigenvalue weighted by Crippen LogP contribution is -2.42. The molecule has 5 heteroatoms. The van der Waals surface area contributed by atoms with E-state index in [-0.39, 0.29) is 5.91 Å². The van der Waals surface area contributed by atoms with Gasteiger partial charge in [0.15, 0.2) is 6.10 Å².